The number of carbonyl (C=O) groups is 2. The molecule has 2 amide bonds. The summed E-state index contributed by atoms with van der Waals surface area (Å²) in [6, 6.07) is 13.4. The molecule has 1 heterocycles. The first-order valence-electron chi connectivity index (χ1n) is 9.50. The van der Waals surface area contributed by atoms with Gasteiger partial charge in [0.25, 0.3) is 11.8 Å². The Kier molecular flexibility index (Phi) is 5.75. The molecule has 0 spiro atoms. The number of anilines is 1. The Morgan fingerprint density at radius 1 is 0.963 bits per heavy atom. The maximum Gasteiger partial charge on any atom is 0.258 e. The third-order valence-corrected chi connectivity index (χ3v) is 4.89. The Morgan fingerprint density at radius 3 is 2.22 bits per heavy atom. The van der Waals surface area contributed by atoms with E-state index in [1.807, 2.05) is 6.07 Å². The summed E-state index contributed by atoms with van der Waals surface area (Å²) in [5.41, 5.74) is 3.08. The van der Waals surface area contributed by atoms with Crippen LogP contribution in [0.4, 0.5) is 5.69 Å². The van der Waals surface area contributed by atoms with E-state index in [1.54, 1.807) is 24.3 Å². The molecule has 0 bridgehead atoms. The molecule has 2 aromatic rings. The lowest BCUT2D eigenvalue weighted by Crippen LogP contribution is -2.29. The highest BCUT2D eigenvalue weighted by Gasteiger charge is 2.25. The number of rotatable bonds is 7. The number of ether oxygens (including phenoxy) is 1. The highest BCUT2D eigenvalue weighted by atomic mass is 16.5. The molecule has 2 aromatic carbocycles. The maximum atomic E-state index is 11.8. The summed E-state index contributed by atoms with van der Waals surface area (Å²) >= 11 is 0. The lowest BCUT2D eigenvalue weighted by atomic mass is 9.94. The van der Waals surface area contributed by atoms with Crippen molar-refractivity contribution in [1.82, 2.24) is 0 Å². The second kappa shape index (κ2) is 8.21. The van der Waals surface area contributed by atoms with Crippen LogP contribution in [-0.4, -0.2) is 11.8 Å². The minimum atomic E-state index is -0.320. The summed E-state index contributed by atoms with van der Waals surface area (Å²) in [4.78, 5) is 24.7. The quantitative estimate of drug-likeness (QED) is 0.621. The van der Waals surface area contributed by atoms with Crippen LogP contribution < -0.4 is 9.64 Å². The average Bonchev–Trinajstić information content (AvgIpc) is 3.01. The summed E-state index contributed by atoms with van der Waals surface area (Å²) in [7, 11) is 0. The Hall–Kier alpha value is -2.88. The first kappa shape index (κ1) is 18.9. The van der Waals surface area contributed by atoms with E-state index in [2.05, 4.69) is 32.9 Å². The van der Waals surface area contributed by atoms with Crippen LogP contribution in [0.3, 0.4) is 0 Å². The average molecular weight is 363 g/mol. The number of benzene rings is 2. The van der Waals surface area contributed by atoms with Crippen molar-refractivity contribution in [3.8, 4) is 11.5 Å². The molecule has 4 nitrogen and oxygen atoms in total. The topological polar surface area (TPSA) is 46.6 Å². The highest BCUT2D eigenvalue weighted by Crippen LogP contribution is 2.34. The van der Waals surface area contributed by atoms with E-state index in [0.717, 1.165) is 29.9 Å². The Bertz CT molecular complexity index is 850. The van der Waals surface area contributed by atoms with Crippen LogP contribution >= 0.6 is 0 Å². The monoisotopic (exact) mass is 363 g/mol. The maximum absolute atomic E-state index is 11.8. The van der Waals surface area contributed by atoms with Crippen molar-refractivity contribution < 1.29 is 14.3 Å². The SMILES string of the molecule is CCCc1ccc(Oc2ccc(N3C(=O)C=CC3=O)cc2)c(C(C)CC)c1. The molecule has 1 aliphatic heterocycles. The van der Waals surface area contributed by atoms with Gasteiger partial charge in [-0.25, -0.2) is 4.90 Å². The second-order valence-corrected chi connectivity index (χ2v) is 6.87. The molecule has 140 valence electrons. The molecule has 1 atom stereocenters. The molecular formula is C23H25NO3. The third-order valence-electron chi connectivity index (χ3n) is 4.89. The molecule has 0 radical (unpaired) electrons. The van der Waals surface area contributed by atoms with E-state index in [0.29, 0.717) is 17.4 Å². The molecule has 0 aromatic heterocycles. The predicted molar refractivity (Wildman–Crippen MR) is 107 cm³/mol. The first-order chi connectivity index (χ1) is 13.0. The fraction of sp³-hybridized carbons (Fsp3) is 0.304. The molecule has 0 fully saturated rings. The summed E-state index contributed by atoms with van der Waals surface area (Å²) in [5, 5.41) is 0. The minimum absolute atomic E-state index is 0.320. The van der Waals surface area contributed by atoms with E-state index in [1.165, 1.54) is 23.3 Å². The summed E-state index contributed by atoms with van der Waals surface area (Å²) in [5.74, 6) is 1.30. The largest absolute Gasteiger partial charge is 0.457 e. The lowest BCUT2D eigenvalue weighted by molar-refractivity contribution is -0.119. The Balaban J connectivity index is 1.82. The van der Waals surface area contributed by atoms with Gasteiger partial charge in [-0.2, -0.15) is 0 Å². The molecule has 0 aliphatic carbocycles. The van der Waals surface area contributed by atoms with E-state index in [4.69, 9.17) is 4.74 Å². The molecule has 1 aliphatic rings. The van der Waals surface area contributed by atoms with Crippen LogP contribution in [0.1, 0.15) is 50.7 Å². The Morgan fingerprint density at radius 2 is 1.63 bits per heavy atom. The molecular weight excluding hydrogens is 338 g/mol. The molecule has 4 heteroatoms. The number of hydrogen-bond donors (Lipinski definition) is 0. The summed E-state index contributed by atoms with van der Waals surface area (Å²) in [6.07, 6.45) is 5.78. The number of amides is 2. The number of imide groups is 1. The highest BCUT2D eigenvalue weighted by molar-refractivity contribution is 6.28. The van der Waals surface area contributed by atoms with Crippen molar-refractivity contribution in [2.75, 3.05) is 4.90 Å². The molecule has 1 unspecified atom stereocenters. The van der Waals surface area contributed by atoms with Gasteiger partial charge in [0.05, 0.1) is 5.69 Å². The molecule has 0 N–H and O–H groups in total. The zero-order chi connectivity index (χ0) is 19.4. The van der Waals surface area contributed by atoms with Crippen LogP contribution in [0.15, 0.2) is 54.6 Å². The van der Waals surface area contributed by atoms with Gasteiger partial charge in [0, 0.05) is 12.2 Å². The van der Waals surface area contributed by atoms with Gasteiger partial charge >= 0.3 is 0 Å². The summed E-state index contributed by atoms with van der Waals surface area (Å²) in [6.45, 7) is 6.56. The van der Waals surface area contributed by atoms with Crippen molar-refractivity contribution in [1.29, 1.82) is 0 Å². The van der Waals surface area contributed by atoms with Gasteiger partial charge in [-0.05, 0) is 60.2 Å². The number of hydrogen-bond acceptors (Lipinski definition) is 3. The fourth-order valence-electron chi connectivity index (χ4n) is 3.19. The van der Waals surface area contributed by atoms with E-state index in [-0.39, 0.29) is 11.8 Å². The van der Waals surface area contributed by atoms with E-state index >= 15 is 0 Å². The number of carbonyl (C=O) groups excluding carboxylic acids is 2. The van der Waals surface area contributed by atoms with Crippen molar-refractivity contribution in [3.63, 3.8) is 0 Å². The second-order valence-electron chi connectivity index (χ2n) is 6.87. The van der Waals surface area contributed by atoms with Gasteiger partial charge in [-0.3, -0.25) is 9.59 Å². The van der Waals surface area contributed by atoms with Gasteiger partial charge in [0.1, 0.15) is 11.5 Å². The van der Waals surface area contributed by atoms with Crippen LogP contribution in [0, 0.1) is 0 Å². The Labute approximate surface area is 160 Å². The molecule has 3 rings (SSSR count). The van der Waals surface area contributed by atoms with Crippen molar-refractivity contribution >= 4 is 17.5 Å². The smallest absolute Gasteiger partial charge is 0.258 e. The molecule has 27 heavy (non-hydrogen) atoms. The number of aryl methyl sites for hydroxylation is 1. The fourth-order valence-corrected chi connectivity index (χ4v) is 3.19. The van der Waals surface area contributed by atoms with E-state index in [9.17, 15) is 9.59 Å². The lowest BCUT2D eigenvalue weighted by Gasteiger charge is -2.18. The van der Waals surface area contributed by atoms with Crippen molar-refractivity contribution in [2.24, 2.45) is 0 Å². The van der Waals surface area contributed by atoms with Crippen LogP contribution in [-0.2, 0) is 16.0 Å². The van der Waals surface area contributed by atoms with Crippen LogP contribution in [0.5, 0.6) is 11.5 Å². The minimum Gasteiger partial charge on any atom is -0.457 e. The van der Waals surface area contributed by atoms with Crippen LogP contribution in [0.2, 0.25) is 0 Å². The van der Waals surface area contributed by atoms with Gasteiger partial charge in [0.15, 0.2) is 0 Å². The zero-order valence-corrected chi connectivity index (χ0v) is 16.1. The van der Waals surface area contributed by atoms with Gasteiger partial charge in [0.2, 0.25) is 0 Å². The van der Waals surface area contributed by atoms with Gasteiger partial charge < -0.3 is 4.74 Å². The first-order valence-corrected chi connectivity index (χ1v) is 9.50. The van der Waals surface area contributed by atoms with E-state index < -0.39 is 0 Å². The molecule has 0 saturated heterocycles. The third kappa shape index (κ3) is 4.11. The molecule has 0 saturated carbocycles. The van der Waals surface area contributed by atoms with Crippen molar-refractivity contribution in [2.45, 2.75) is 46.0 Å². The zero-order valence-electron chi connectivity index (χ0n) is 16.1. The standard InChI is InChI=1S/C23H25NO3/c1-4-6-17-7-12-21(20(15-17)16(3)5-2)27-19-10-8-18(9-11-19)24-22(25)13-14-23(24)26/h7-16H,4-6H2,1-3H3. The normalized spacial score (nSPS) is 14.7. The van der Waals surface area contributed by atoms with Crippen LogP contribution in [0.25, 0.3) is 0 Å². The predicted octanol–water partition coefficient (Wildman–Crippen LogP) is 5.37. The van der Waals surface area contributed by atoms with Crippen molar-refractivity contribution in [3.05, 3.63) is 65.7 Å². The number of nitrogens with zero attached hydrogens (tertiary/aromatic N) is 1. The summed E-state index contributed by atoms with van der Waals surface area (Å²) < 4.78 is 6.13. The van der Waals surface area contributed by atoms with Gasteiger partial charge in [-0.1, -0.05) is 39.3 Å². The van der Waals surface area contributed by atoms with Gasteiger partial charge in [-0.15, -0.1) is 0 Å².